The van der Waals surface area contributed by atoms with Crippen LogP contribution in [-0.4, -0.2) is 43.3 Å². The highest BCUT2D eigenvalue weighted by Gasteiger charge is 2.46. The van der Waals surface area contributed by atoms with Gasteiger partial charge in [0.05, 0.1) is 5.41 Å². The number of ether oxygens (including phenoxy) is 1. The highest BCUT2D eigenvalue weighted by Crippen LogP contribution is 2.37. The first-order chi connectivity index (χ1) is 10.5. The number of nitrogens with zero attached hydrogens (tertiary/aromatic N) is 1. The molecule has 23 heavy (non-hydrogen) atoms. The van der Waals surface area contributed by atoms with Gasteiger partial charge in [-0.2, -0.15) is 4.31 Å². The Hall–Kier alpha value is -1.81. The predicted octanol–water partition coefficient (Wildman–Crippen LogP) is 2.07. The number of rotatable bonds is 4. The molecule has 1 aliphatic heterocycles. The highest BCUT2D eigenvalue weighted by molar-refractivity contribution is 7.89. The summed E-state index contributed by atoms with van der Waals surface area (Å²) >= 11 is 0. The molecule has 1 N–H and O–H groups in total. The number of sulfonamides is 1. The third kappa shape index (κ3) is 3.58. The van der Waals surface area contributed by atoms with Crippen LogP contribution >= 0.6 is 0 Å². The lowest BCUT2D eigenvalue weighted by Gasteiger charge is -2.21. The first kappa shape index (κ1) is 17.5. The van der Waals surface area contributed by atoms with Crippen molar-refractivity contribution in [2.45, 2.75) is 24.6 Å². The Bertz CT molecular complexity index is 719. The van der Waals surface area contributed by atoms with E-state index >= 15 is 0 Å². The molecule has 1 unspecified atom stereocenters. The van der Waals surface area contributed by atoms with Crippen LogP contribution in [-0.2, 0) is 14.8 Å². The van der Waals surface area contributed by atoms with Gasteiger partial charge >= 0.3 is 12.3 Å². The highest BCUT2D eigenvalue weighted by atomic mass is 32.2. The molecular formula is C13H14F3NO5S. The molecule has 0 spiro atoms. The Labute approximate surface area is 130 Å². The number of hydrogen-bond donors (Lipinski definition) is 1. The summed E-state index contributed by atoms with van der Waals surface area (Å²) < 4.78 is 66.9. The van der Waals surface area contributed by atoms with Crippen LogP contribution < -0.4 is 4.74 Å². The van der Waals surface area contributed by atoms with Gasteiger partial charge in [-0.25, -0.2) is 8.42 Å². The molecule has 0 bridgehead atoms. The fourth-order valence-electron chi connectivity index (χ4n) is 2.31. The summed E-state index contributed by atoms with van der Waals surface area (Å²) in [5.74, 6) is -2.00. The number of alkyl halides is 3. The van der Waals surface area contributed by atoms with Crippen molar-refractivity contribution < 1.29 is 36.2 Å². The molecule has 6 nitrogen and oxygen atoms in total. The molecule has 0 aromatic heterocycles. The van der Waals surface area contributed by atoms with E-state index in [1.807, 2.05) is 0 Å². The Morgan fingerprint density at radius 2 is 1.96 bits per heavy atom. The first-order valence-corrected chi connectivity index (χ1v) is 7.98. The predicted molar refractivity (Wildman–Crippen MR) is 72.2 cm³/mol. The molecule has 0 saturated carbocycles. The average Bonchev–Trinajstić information content (AvgIpc) is 2.82. The number of carboxylic acid groups (broad SMARTS) is 1. The van der Waals surface area contributed by atoms with Crippen molar-refractivity contribution in [1.29, 1.82) is 0 Å². The van der Waals surface area contributed by atoms with Crippen molar-refractivity contribution in [3.05, 3.63) is 24.3 Å². The summed E-state index contributed by atoms with van der Waals surface area (Å²) in [5.41, 5.74) is -1.27. The minimum atomic E-state index is -5.04. The zero-order valence-corrected chi connectivity index (χ0v) is 12.8. The minimum absolute atomic E-state index is 0.0733. The molecule has 1 heterocycles. The Balaban J connectivity index is 2.37. The second-order valence-electron chi connectivity index (χ2n) is 5.45. The van der Waals surface area contributed by atoms with Gasteiger partial charge < -0.3 is 9.84 Å². The normalized spacial score (nSPS) is 23.0. The summed E-state index contributed by atoms with van der Waals surface area (Å²) in [4.78, 5) is 10.5. The monoisotopic (exact) mass is 353 g/mol. The molecule has 10 heteroatoms. The van der Waals surface area contributed by atoms with Crippen LogP contribution in [0.1, 0.15) is 13.3 Å². The topological polar surface area (TPSA) is 83.9 Å². The molecule has 1 atom stereocenters. The van der Waals surface area contributed by atoms with Crippen LogP contribution in [0.5, 0.6) is 5.75 Å². The van der Waals surface area contributed by atoms with Gasteiger partial charge in [0.1, 0.15) is 10.6 Å². The van der Waals surface area contributed by atoms with Crippen LogP contribution in [0.3, 0.4) is 0 Å². The van der Waals surface area contributed by atoms with Gasteiger partial charge in [0.15, 0.2) is 0 Å². The molecule has 1 aromatic carbocycles. The molecule has 1 aromatic rings. The van der Waals surface area contributed by atoms with Gasteiger partial charge in [-0.05, 0) is 25.5 Å². The van der Waals surface area contributed by atoms with Crippen molar-refractivity contribution in [1.82, 2.24) is 4.31 Å². The number of hydrogen-bond acceptors (Lipinski definition) is 4. The average molecular weight is 353 g/mol. The maximum absolute atomic E-state index is 12.5. The van der Waals surface area contributed by atoms with Crippen LogP contribution in [0.15, 0.2) is 29.2 Å². The Morgan fingerprint density at radius 1 is 1.35 bits per heavy atom. The summed E-state index contributed by atoms with van der Waals surface area (Å²) in [7, 11) is -4.30. The first-order valence-electron chi connectivity index (χ1n) is 6.54. The van der Waals surface area contributed by atoms with E-state index < -0.39 is 38.4 Å². The lowest BCUT2D eigenvalue weighted by Crippen LogP contribution is -2.35. The second kappa shape index (κ2) is 5.68. The van der Waals surface area contributed by atoms with Crippen molar-refractivity contribution >= 4 is 16.0 Å². The molecule has 128 valence electrons. The van der Waals surface area contributed by atoms with Crippen LogP contribution in [0, 0.1) is 5.41 Å². The third-order valence-corrected chi connectivity index (χ3v) is 5.53. The number of halogens is 3. The van der Waals surface area contributed by atoms with Gasteiger partial charge in [0.2, 0.25) is 10.0 Å². The molecule has 1 fully saturated rings. The molecule has 1 saturated heterocycles. The van der Waals surface area contributed by atoms with E-state index in [9.17, 15) is 26.4 Å². The number of carbonyl (C=O) groups is 1. The number of carboxylic acids is 1. The summed E-state index contributed by atoms with van der Waals surface area (Å²) in [6, 6.07) is 4.37. The summed E-state index contributed by atoms with van der Waals surface area (Å²) in [5, 5.41) is 9.14. The van der Waals surface area contributed by atoms with E-state index in [1.54, 1.807) is 0 Å². The van der Waals surface area contributed by atoms with Crippen LogP contribution in [0.25, 0.3) is 0 Å². The molecule has 2 rings (SSSR count). The second-order valence-corrected chi connectivity index (χ2v) is 7.36. The molecule has 1 aliphatic rings. The van der Waals surface area contributed by atoms with E-state index in [0.717, 1.165) is 16.4 Å². The third-order valence-electron chi connectivity index (χ3n) is 3.65. The standard InChI is InChI=1S/C13H14F3NO5S/c1-12(11(18)19)6-7-17(8-12)23(20,21)10-5-3-2-4-9(10)22-13(14,15)16/h2-5H,6-8H2,1H3,(H,18,19). The smallest absolute Gasteiger partial charge is 0.481 e. The van der Waals surface area contributed by atoms with E-state index in [1.165, 1.54) is 19.1 Å². The molecule has 0 aliphatic carbocycles. The zero-order valence-electron chi connectivity index (χ0n) is 12.0. The zero-order chi connectivity index (χ0) is 17.5. The number of benzene rings is 1. The quantitative estimate of drug-likeness (QED) is 0.896. The van der Waals surface area contributed by atoms with Crippen molar-refractivity contribution in [2.75, 3.05) is 13.1 Å². The molecule has 0 amide bonds. The van der Waals surface area contributed by atoms with E-state index in [0.29, 0.717) is 0 Å². The maximum Gasteiger partial charge on any atom is 0.573 e. The summed E-state index contributed by atoms with van der Waals surface area (Å²) in [6.07, 6.45) is -4.96. The number of aliphatic carboxylic acids is 1. The van der Waals surface area contributed by atoms with Crippen LogP contribution in [0.2, 0.25) is 0 Å². The maximum atomic E-state index is 12.5. The van der Waals surface area contributed by atoms with Crippen molar-refractivity contribution in [2.24, 2.45) is 5.41 Å². The van der Waals surface area contributed by atoms with Crippen LogP contribution in [0.4, 0.5) is 13.2 Å². The fourth-order valence-corrected chi connectivity index (χ4v) is 3.99. The van der Waals surface area contributed by atoms with Gasteiger partial charge in [0.25, 0.3) is 0 Å². The van der Waals surface area contributed by atoms with Crippen molar-refractivity contribution in [3.63, 3.8) is 0 Å². The van der Waals surface area contributed by atoms with E-state index in [4.69, 9.17) is 5.11 Å². The van der Waals surface area contributed by atoms with Gasteiger partial charge in [-0.3, -0.25) is 4.79 Å². The SMILES string of the molecule is CC1(C(=O)O)CCN(S(=O)(=O)c2ccccc2OC(F)(F)F)C1. The van der Waals surface area contributed by atoms with E-state index in [2.05, 4.69) is 4.74 Å². The molecule has 0 radical (unpaired) electrons. The lowest BCUT2D eigenvalue weighted by atomic mass is 9.90. The Morgan fingerprint density at radius 3 is 2.48 bits per heavy atom. The fraction of sp³-hybridized carbons (Fsp3) is 0.462. The largest absolute Gasteiger partial charge is 0.573 e. The van der Waals surface area contributed by atoms with Gasteiger partial charge in [0, 0.05) is 13.1 Å². The molecular weight excluding hydrogens is 339 g/mol. The Kier molecular flexibility index (Phi) is 4.33. The van der Waals surface area contributed by atoms with Gasteiger partial charge in [-0.15, -0.1) is 13.2 Å². The lowest BCUT2D eigenvalue weighted by molar-refractivity contribution is -0.275. The van der Waals surface area contributed by atoms with E-state index in [-0.39, 0.29) is 19.5 Å². The minimum Gasteiger partial charge on any atom is -0.481 e. The number of para-hydroxylation sites is 1. The van der Waals surface area contributed by atoms with Crippen molar-refractivity contribution in [3.8, 4) is 5.75 Å². The van der Waals surface area contributed by atoms with Gasteiger partial charge in [-0.1, -0.05) is 12.1 Å². The summed E-state index contributed by atoms with van der Waals surface area (Å²) in [6.45, 7) is 0.986.